The Balaban J connectivity index is 1.79. The second-order valence-electron chi connectivity index (χ2n) is 6.82. The Morgan fingerprint density at radius 1 is 0.871 bits per heavy atom. The lowest BCUT2D eigenvalue weighted by atomic mass is 10.2. The van der Waals surface area contributed by atoms with Gasteiger partial charge in [0.25, 0.3) is 5.91 Å². The third kappa shape index (κ3) is 6.52. The van der Waals surface area contributed by atoms with Crippen molar-refractivity contribution in [1.82, 2.24) is 15.2 Å². The smallest absolute Gasteiger partial charge is 0.265 e. The second kappa shape index (κ2) is 10.5. The van der Waals surface area contributed by atoms with Gasteiger partial charge in [0.15, 0.2) is 0 Å². The largest absolute Gasteiger partial charge is 0.284 e. The minimum absolute atomic E-state index is 0.0203. The molecule has 1 amide bonds. The number of carbonyl (C=O) groups is 1. The van der Waals surface area contributed by atoms with Crippen LogP contribution in [0.3, 0.4) is 0 Å². The van der Waals surface area contributed by atoms with Crippen LogP contribution in [0.2, 0.25) is 0 Å². The van der Waals surface area contributed by atoms with Crippen LogP contribution in [-0.2, 0) is 23.1 Å². The number of sulfonamides is 1. The molecule has 31 heavy (non-hydrogen) atoms. The minimum atomic E-state index is -3.79. The van der Waals surface area contributed by atoms with Crippen molar-refractivity contribution in [3.63, 3.8) is 0 Å². The van der Waals surface area contributed by atoms with Gasteiger partial charge in [0.2, 0.25) is 10.0 Å². The van der Waals surface area contributed by atoms with E-state index in [-0.39, 0.29) is 17.0 Å². The van der Waals surface area contributed by atoms with Crippen molar-refractivity contribution in [1.29, 1.82) is 0 Å². The fourth-order valence-electron chi connectivity index (χ4n) is 2.98. The highest BCUT2D eigenvalue weighted by Crippen LogP contribution is 2.13. The number of hydrogen-bond acceptors (Lipinski definition) is 4. The Bertz CT molecular complexity index is 1120. The van der Waals surface area contributed by atoms with Crippen molar-refractivity contribution in [2.75, 3.05) is 6.54 Å². The minimum Gasteiger partial charge on any atom is -0.284 e. The van der Waals surface area contributed by atoms with E-state index in [0.717, 1.165) is 11.1 Å². The topological polar surface area (TPSA) is 78.5 Å². The van der Waals surface area contributed by atoms with Crippen molar-refractivity contribution in [3.8, 4) is 12.3 Å². The zero-order chi connectivity index (χ0) is 22.1. The van der Waals surface area contributed by atoms with Crippen LogP contribution in [0.5, 0.6) is 0 Å². The number of hydrazine groups is 1. The van der Waals surface area contributed by atoms with Gasteiger partial charge < -0.3 is 0 Å². The highest BCUT2D eigenvalue weighted by molar-refractivity contribution is 7.89. The predicted molar refractivity (Wildman–Crippen MR) is 120 cm³/mol. The number of nitrogens with one attached hydrogen (secondary N) is 2. The Labute approximate surface area is 182 Å². The Hall–Kier alpha value is -3.44. The fraction of sp³-hybridized carbons (Fsp3) is 0.125. The van der Waals surface area contributed by atoms with Crippen molar-refractivity contribution >= 4 is 15.9 Å². The van der Waals surface area contributed by atoms with Crippen LogP contribution >= 0.6 is 0 Å². The molecular weight excluding hydrogens is 410 g/mol. The van der Waals surface area contributed by atoms with E-state index in [1.807, 2.05) is 60.7 Å². The maximum atomic E-state index is 12.9. The van der Waals surface area contributed by atoms with Crippen LogP contribution in [0, 0.1) is 12.3 Å². The first-order valence-corrected chi connectivity index (χ1v) is 11.1. The SMILES string of the molecule is C#CCNS(=O)(=O)c1cccc(C(=O)NN(Cc2ccccc2)Cc2ccccc2)c1. The van der Waals surface area contributed by atoms with Crippen LogP contribution in [-0.4, -0.2) is 25.9 Å². The van der Waals surface area contributed by atoms with Crippen LogP contribution in [0.1, 0.15) is 21.5 Å². The summed E-state index contributed by atoms with van der Waals surface area (Å²) < 4.78 is 26.9. The van der Waals surface area contributed by atoms with E-state index >= 15 is 0 Å². The molecule has 2 N–H and O–H groups in total. The summed E-state index contributed by atoms with van der Waals surface area (Å²) in [5.74, 6) is 1.83. The van der Waals surface area contributed by atoms with Gasteiger partial charge in [-0.2, -0.15) is 4.72 Å². The molecule has 0 aliphatic carbocycles. The quantitative estimate of drug-likeness (QED) is 0.402. The maximum Gasteiger partial charge on any atom is 0.265 e. The number of benzene rings is 3. The Morgan fingerprint density at radius 2 is 1.45 bits per heavy atom. The zero-order valence-corrected chi connectivity index (χ0v) is 17.7. The molecule has 158 valence electrons. The summed E-state index contributed by atoms with van der Waals surface area (Å²) in [5.41, 5.74) is 5.20. The Kier molecular flexibility index (Phi) is 7.57. The van der Waals surface area contributed by atoms with Crippen molar-refractivity contribution < 1.29 is 13.2 Å². The first-order chi connectivity index (χ1) is 15.0. The molecule has 3 aromatic carbocycles. The summed E-state index contributed by atoms with van der Waals surface area (Å²) >= 11 is 0. The van der Waals surface area contributed by atoms with E-state index in [2.05, 4.69) is 16.1 Å². The van der Waals surface area contributed by atoms with Gasteiger partial charge in [-0.1, -0.05) is 72.7 Å². The number of rotatable bonds is 9. The van der Waals surface area contributed by atoms with Gasteiger partial charge in [-0.15, -0.1) is 6.42 Å². The van der Waals surface area contributed by atoms with E-state index in [0.29, 0.717) is 13.1 Å². The predicted octanol–water partition coefficient (Wildman–Crippen LogP) is 2.95. The van der Waals surface area contributed by atoms with Crippen LogP contribution in [0.15, 0.2) is 89.8 Å². The molecule has 0 radical (unpaired) electrons. The standard InChI is InChI=1S/C24H23N3O3S/c1-2-16-25-31(29,30)23-15-9-14-22(17-23)24(28)26-27(18-20-10-5-3-6-11-20)19-21-12-7-4-8-13-21/h1,3-15,17,25H,16,18-19H2,(H,26,28). The molecule has 0 heterocycles. The highest BCUT2D eigenvalue weighted by atomic mass is 32.2. The highest BCUT2D eigenvalue weighted by Gasteiger charge is 2.17. The number of nitrogens with zero attached hydrogens (tertiary/aromatic N) is 1. The second-order valence-corrected chi connectivity index (χ2v) is 8.59. The number of amides is 1. The van der Waals surface area contributed by atoms with Gasteiger partial charge in [-0.25, -0.2) is 13.4 Å². The molecule has 0 spiro atoms. The first-order valence-electron chi connectivity index (χ1n) is 9.65. The monoisotopic (exact) mass is 433 g/mol. The van der Waals surface area contributed by atoms with E-state index in [9.17, 15) is 13.2 Å². The normalized spacial score (nSPS) is 11.1. The van der Waals surface area contributed by atoms with Gasteiger partial charge >= 0.3 is 0 Å². The molecule has 0 saturated carbocycles. The summed E-state index contributed by atoms with van der Waals surface area (Å²) in [6.45, 7) is 0.854. The van der Waals surface area contributed by atoms with Crippen LogP contribution in [0.4, 0.5) is 0 Å². The molecule has 0 bridgehead atoms. The average Bonchev–Trinajstić information content (AvgIpc) is 2.79. The van der Waals surface area contributed by atoms with E-state index in [4.69, 9.17) is 6.42 Å². The van der Waals surface area contributed by atoms with E-state index in [1.165, 1.54) is 18.2 Å². The number of carbonyl (C=O) groups excluding carboxylic acids is 1. The molecule has 6 nitrogen and oxygen atoms in total. The summed E-state index contributed by atoms with van der Waals surface area (Å²) in [4.78, 5) is 12.9. The third-order valence-electron chi connectivity index (χ3n) is 4.46. The maximum absolute atomic E-state index is 12.9. The third-order valence-corrected chi connectivity index (χ3v) is 5.86. The first kappa shape index (κ1) is 22.2. The van der Waals surface area contributed by atoms with Crippen LogP contribution in [0.25, 0.3) is 0 Å². The summed E-state index contributed by atoms with van der Waals surface area (Å²) in [6, 6.07) is 25.4. The lowest BCUT2D eigenvalue weighted by molar-refractivity contribution is 0.0759. The summed E-state index contributed by atoms with van der Waals surface area (Å²) in [7, 11) is -3.79. The lowest BCUT2D eigenvalue weighted by Crippen LogP contribution is -2.41. The molecule has 3 rings (SSSR count). The summed E-state index contributed by atoms with van der Waals surface area (Å²) in [5, 5.41) is 1.80. The van der Waals surface area contributed by atoms with Gasteiger partial charge in [0.05, 0.1) is 11.4 Å². The molecule has 0 aliphatic rings. The Morgan fingerprint density at radius 3 is 2.00 bits per heavy atom. The van der Waals surface area contributed by atoms with Crippen LogP contribution < -0.4 is 10.1 Å². The molecule has 0 aliphatic heterocycles. The molecule has 7 heteroatoms. The van der Waals surface area contributed by atoms with Gasteiger partial charge in [-0.3, -0.25) is 10.2 Å². The van der Waals surface area contributed by atoms with Crippen molar-refractivity contribution in [3.05, 3.63) is 102 Å². The number of terminal acetylenes is 1. The van der Waals surface area contributed by atoms with E-state index < -0.39 is 15.9 Å². The molecule has 0 atom stereocenters. The van der Waals surface area contributed by atoms with Gasteiger partial charge in [-0.05, 0) is 29.3 Å². The summed E-state index contributed by atoms with van der Waals surface area (Å²) in [6.07, 6.45) is 5.13. The molecular formula is C24H23N3O3S. The lowest BCUT2D eigenvalue weighted by Gasteiger charge is -2.23. The van der Waals surface area contributed by atoms with Crippen molar-refractivity contribution in [2.45, 2.75) is 18.0 Å². The van der Waals surface area contributed by atoms with Gasteiger partial charge in [0, 0.05) is 18.7 Å². The number of hydrogen-bond donors (Lipinski definition) is 2. The van der Waals surface area contributed by atoms with E-state index in [1.54, 1.807) is 11.1 Å². The molecule has 0 saturated heterocycles. The van der Waals surface area contributed by atoms with Crippen molar-refractivity contribution in [2.24, 2.45) is 0 Å². The average molecular weight is 434 g/mol. The molecule has 0 fully saturated rings. The van der Waals surface area contributed by atoms with Gasteiger partial charge in [0.1, 0.15) is 0 Å². The molecule has 0 unspecified atom stereocenters. The molecule has 0 aromatic heterocycles. The fourth-order valence-corrected chi connectivity index (χ4v) is 3.96. The zero-order valence-electron chi connectivity index (χ0n) is 16.9. The molecule has 3 aromatic rings.